The fourth-order valence-corrected chi connectivity index (χ4v) is 10.2. The zero-order valence-electron chi connectivity index (χ0n) is 31.4. The van der Waals surface area contributed by atoms with Crippen LogP contribution in [0.2, 0.25) is 0 Å². The van der Waals surface area contributed by atoms with Gasteiger partial charge >= 0.3 is 0 Å². The summed E-state index contributed by atoms with van der Waals surface area (Å²) in [6.07, 6.45) is 13.4. The molecule has 0 saturated carbocycles. The summed E-state index contributed by atoms with van der Waals surface area (Å²) in [6.45, 7) is 4.76. The Bertz CT molecular complexity index is 1730. The molecule has 0 heterocycles. The Kier molecular flexibility index (Phi) is 17.9. The lowest BCUT2D eigenvalue weighted by atomic mass is 10.0. The number of aryl methyl sites for hydroxylation is 2. The summed E-state index contributed by atoms with van der Waals surface area (Å²) in [4.78, 5) is 0.599. The Morgan fingerprint density at radius 1 is 0.415 bits per heavy atom. The van der Waals surface area contributed by atoms with Gasteiger partial charge in [-0.3, -0.25) is 8.61 Å². The highest BCUT2D eigenvalue weighted by Gasteiger charge is 2.26. The first-order valence-corrected chi connectivity index (χ1v) is 24.2. The molecule has 4 rings (SSSR count). The standard InChI is InChI=1S/C43H56Br2N2O4S2/c1-36-15-27-42(28-16-36)52(48,49)46(33-13-9-5-3-7-11-31-44)40-23-19-38(20-24-40)35-39-21-25-41(26-22-39)47(34-14-10-6-4-8-12-32-45)53(50,51)43-29-17-37(2)18-30-43/h15-30H,3-14,31-35H2,1-2H3. The molecule has 0 fully saturated rings. The molecule has 0 saturated heterocycles. The summed E-state index contributed by atoms with van der Waals surface area (Å²) >= 11 is 6.99. The van der Waals surface area contributed by atoms with Crippen molar-refractivity contribution < 1.29 is 16.8 Å². The van der Waals surface area contributed by atoms with Crippen LogP contribution < -0.4 is 8.61 Å². The third-order valence-corrected chi connectivity index (χ3v) is 14.4. The third kappa shape index (κ3) is 13.3. The van der Waals surface area contributed by atoms with Crippen molar-refractivity contribution in [2.75, 3.05) is 32.4 Å². The van der Waals surface area contributed by atoms with E-state index in [-0.39, 0.29) is 0 Å². The predicted molar refractivity (Wildman–Crippen MR) is 230 cm³/mol. The van der Waals surface area contributed by atoms with Crippen molar-refractivity contribution in [1.29, 1.82) is 0 Å². The van der Waals surface area contributed by atoms with Crippen LogP contribution >= 0.6 is 31.9 Å². The molecule has 0 aliphatic carbocycles. The first kappa shape index (κ1) is 43.1. The quantitative estimate of drug-likeness (QED) is 0.0519. The van der Waals surface area contributed by atoms with E-state index in [0.717, 1.165) is 97.1 Å². The zero-order chi connectivity index (χ0) is 38.1. The lowest BCUT2D eigenvalue weighted by molar-refractivity contribution is 0.579. The van der Waals surface area contributed by atoms with Crippen LogP contribution in [0.3, 0.4) is 0 Å². The van der Waals surface area contributed by atoms with Crippen LogP contribution in [0.25, 0.3) is 0 Å². The van der Waals surface area contributed by atoms with Gasteiger partial charge in [0.1, 0.15) is 0 Å². The number of hydrogen-bond donors (Lipinski definition) is 0. The highest BCUT2D eigenvalue weighted by atomic mass is 79.9. The van der Waals surface area contributed by atoms with E-state index in [1.165, 1.54) is 12.8 Å². The van der Waals surface area contributed by atoms with Crippen molar-refractivity contribution in [3.05, 3.63) is 119 Å². The molecular weight excluding hydrogens is 832 g/mol. The number of anilines is 2. The van der Waals surface area contributed by atoms with E-state index >= 15 is 0 Å². The monoisotopic (exact) mass is 886 g/mol. The maximum Gasteiger partial charge on any atom is 0.264 e. The van der Waals surface area contributed by atoms with Gasteiger partial charge in [0.2, 0.25) is 0 Å². The van der Waals surface area contributed by atoms with Gasteiger partial charge in [0, 0.05) is 23.7 Å². The Balaban J connectivity index is 1.48. The second-order valence-corrected chi connectivity index (χ2v) is 19.2. The van der Waals surface area contributed by atoms with Crippen LogP contribution in [0.5, 0.6) is 0 Å². The summed E-state index contributed by atoms with van der Waals surface area (Å²) in [5.74, 6) is 0. The van der Waals surface area contributed by atoms with Crippen LogP contribution in [-0.4, -0.2) is 40.6 Å². The second-order valence-electron chi connectivity index (χ2n) is 13.9. The molecule has 0 amide bonds. The smallest absolute Gasteiger partial charge is 0.264 e. The van der Waals surface area contributed by atoms with Crippen LogP contribution in [0.1, 0.15) is 99.3 Å². The highest BCUT2D eigenvalue weighted by Crippen LogP contribution is 2.28. The number of alkyl halides is 2. The average molecular weight is 889 g/mol. The van der Waals surface area contributed by atoms with Gasteiger partial charge in [-0.2, -0.15) is 0 Å². The molecule has 0 atom stereocenters. The summed E-state index contributed by atoms with van der Waals surface area (Å²) in [7, 11) is -7.47. The van der Waals surface area contributed by atoms with E-state index in [1.807, 2.05) is 86.6 Å². The van der Waals surface area contributed by atoms with Crippen LogP contribution in [0.15, 0.2) is 107 Å². The summed E-state index contributed by atoms with van der Waals surface area (Å²) in [5, 5.41) is 2.04. The fourth-order valence-electron chi connectivity index (χ4n) is 6.36. The molecule has 4 aromatic carbocycles. The molecule has 4 aromatic rings. The summed E-state index contributed by atoms with van der Waals surface area (Å²) in [6, 6.07) is 29.7. The molecule has 0 aromatic heterocycles. The van der Waals surface area contributed by atoms with Crippen LogP contribution in [0.4, 0.5) is 11.4 Å². The van der Waals surface area contributed by atoms with Crippen molar-refractivity contribution in [3.8, 4) is 0 Å². The first-order chi connectivity index (χ1) is 25.6. The number of sulfonamides is 2. The predicted octanol–water partition coefficient (Wildman–Crippen LogP) is 11.8. The largest absolute Gasteiger partial charge is 0.266 e. The van der Waals surface area contributed by atoms with E-state index in [9.17, 15) is 16.8 Å². The molecule has 0 aliphatic rings. The van der Waals surface area contributed by atoms with E-state index in [1.54, 1.807) is 32.9 Å². The Morgan fingerprint density at radius 3 is 1.04 bits per heavy atom. The van der Waals surface area contributed by atoms with Crippen molar-refractivity contribution in [1.82, 2.24) is 0 Å². The Hall–Kier alpha value is -2.66. The van der Waals surface area contributed by atoms with E-state index in [0.29, 0.717) is 40.7 Å². The molecule has 0 radical (unpaired) electrons. The van der Waals surface area contributed by atoms with Gasteiger partial charge in [-0.25, -0.2) is 16.8 Å². The van der Waals surface area contributed by atoms with Crippen molar-refractivity contribution in [2.45, 2.75) is 107 Å². The van der Waals surface area contributed by atoms with Crippen molar-refractivity contribution in [2.24, 2.45) is 0 Å². The number of halogens is 2. The second kappa shape index (κ2) is 22.0. The number of benzene rings is 4. The molecule has 0 aliphatic heterocycles. The number of unbranched alkanes of at least 4 members (excludes halogenated alkanes) is 10. The van der Waals surface area contributed by atoms with E-state index in [4.69, 9.17) is 0 Å². The minimum atomic E-state index is -3.73. The van der Waals surface area contributed by atoms with Crippen LogP contribution in [0, 0.1) is 13.8 Å². The van der Waals surface area contributed by atoms with Gasteiger partial charge in [-0.15, -0.1) is 0 Å². The lowest BCUT2D eigenvalue weighted by Gasteiger charge is -2.25. The SMILES string of the molecule is Cc1ccc(S(=O)(=O)N(CCCCCCCCBr)c2ccc(Cc3ccc(N(CCCCCCCCBr)S(=O)(=O)c4ccc(C)cc4)cc3)cc2)cc1. The van der Waals surface area contributed by atoms with Crippen LogP contribution in [-0.2, 0) is 26.5 Å². The topological polar surface area (TPSA) is 74.8 Å². The Morgan fingerprint density at radius 2 is 0.717 bits per heavy atom. The molecule has 288 valence electrons. The van der Waals surface area contributed by atoms with Gasteiger partial charge < -0.3 is 0 Å². The molecule has 0 unspecified atom stereocenters. The normalized spacial score (nSPS) is 11.8. The molecule has 53 heavy (non-hydrogen) atoms. The summed E-state index contributed by atoms with van der Waals surface area (Å²) in [5.41, 5.74) is 5.44. The highest BCUT2D eigenvalue weighted by molar-refractivity contribution is 9.09. The average Bonchev–Trinajstić information content (AvgIpc) is 3.15. The van der Waals surface area contributed by atoms with E-state index < -0.39 is 20.0 Å². The minimum absolute atomic E-state index is 0.299. The number of hydrogen-bond acceptors (Lipinski definition) is 4. The summed E-state index contributed by atoms with van der Waals surface area (Å²) < 4.78 is 58.7. The van der Waals surface area contributed by atoms with Gasteiger partial charge in [0.15, 0.2) is 0 Å². The first-order valence-electron chi connectivity index (χ1n) is 19.0. The molecule has 6 nitrogen and oxygen atoms in total. The lowest BCUT2D eigenvalue weighted by Crippen LogP contribution is -2.32. The van der Waals surface area contributed by atoms with E-state index in [2.05, 4.69) is 31.9 Å². The van der Waals surface area contributed by atoms with Gasteiger partial charge in [0.25, 0.3) is 20.0 Å². The zero-order valence-corrected chi connectivity index (χ0v) is 36.2. The van der Waals surface area contributed by atoms with Crippen molar-refractivity contribution >= 4 is 63.3 Å². The number of rotatable bonds is 24. The minimum Gasteiger partial charge on any atom is -0.266 e. The Labute approximate surface area is 336 Å². The van der Waals surface area contributed by atoms with Crippen molar-refractivity contribution in [3.63, 3.8) is 0 Å². The van der Waals surface area contributed by atoms with Gasteiger partial charge in [-0.05, 0) is 106 Å². The maximum absolute atomic E-state index is 13.9. The van der Waals surface area contributed by atoms with Gasteiger partial charge in [0.05, 0.1) is 21.2 Å². The number of nitrogens with zero attached hydrogens (tertiary/aromatic N) is 2. The van der Waals surface area contributed by atoms with Gasteiger partial charge in [-0.1, -0.05) is 143 Å². The molecular formula is C43H56Br2N2O4S2. The fraction of sp³-hybridized carbons (Fsp3) is 0.442. The molecule has 0 N–H and O–H groups in total. The maximum atomic E-state index is 13.9. The molecule has 0 spiro atoms. The third-order valence-electron chi connectivity index (χ3n) is 9.56. The molecule has 0 bridgehead atoms. The molecule has 10 heteroatoms.